The quantitative estimate of drug-likeness (QED) is 0.419. The second-order valence-electron chi connectivity index (χ2n) is 5.71. The highest BCUT2D eigenvalue weighted by Gasteiger charge is 2.03. The summed E-state index contributed by atoms with van der Waals surface area (Å²) in [6.07, 6.45) is 8.31. The van der Waals surface area contributed by atoms with Crippen LogP contribution in [0, 0.1) is 0 Å². The van der Waals surface area contributed by atoms with Crippen molar-refractivity contribution >= 4 is 50.5 Å². The molecule has 9 heteroatoms. The van der Waals surface area contributed by atoms with Crippen LogP contribution in [0.2, 0.25) is 5.02 Å². The molecule has 3 rings (SSSR count). The Morgan fingerprint density at radius 3 is 2.81 bits per heavy atom. The molecule has 6 nitrogen and oxygen atoms in total. The van der Waals surface area contributed by atoms with E-state index in [0.29, 0.717) is 11.7 Å². The predicted octanol–water partition coefficient (Wildman–Crippen LogP) is 3.92. The molecule has 0 aliphatic carbocycles. The zero-order valence-electron chi connectivity index (χ0n) is 13.9. The first kappa shape index (κ1) is 18.9. The highest BCUT2D eigenvalue weighted by Crippen LogP contribution is 2.13. The fourth-order valence-corrected chi connectivity index (χ4v) is 3.18. The summed E-state index contributed by atoms with van der Waals surface area (Å²) < 4.78 is 4.71. The topological polar surface area (TPSA) is 59.7 Å². The number of nitrogens with zero attached hydrogens (tertiary/aromatic N) is 4. The van der Waals surface area contributed by atoms with E-state index >= 15 is 0 Å². The Kier molecular flexibility index (Phi) is 6.65. The monoisotopic (exact) mass is 452 g/mol. The summed E-state index contributed by atoms with van der Waals surface area (Å²) in [5, 5.41) is 16.2. The molecule has 0 atom stereocenters. The molecule has 0 aliphatic heterocycles. The Morgan fingerprint density at radius 2 is 2.04 bits per heavy atom. The van der Waals surface area contributed by atoms with Crippen molar-refractivity contribution in [3.63, 3.8) is 0 Å². The Hall–Kier alpha value is -1.90. The van der Waals surface area contributed by atoms with Gasteiger partial charge in [-0.05, 0) is 52.3 Å². The van der Waals surface area contributed by atoms with Crippen LogP contribution in [0.25, 0.3) is 0 Å². The van der Waals surface area contributed by atoms with Gasteiger partial charge in [-0.25, -0.2) is 0 Å². The van der Waals surface area contributed by atoms with Gasteiger partial charge in [0.25, 0.3) is 0 Å². The maximum absolute atomic E-state index is 6.01. The number of anilines is 1. The van der Waals surface area contributed by atoms with Crippen LogP contribution >= 0.6 is 39.7 Å². The van der Waals surface area contributed by atoms with Gasteiger partial charge >= 0.3 is 0 Å². The fraction of sp³-hybridized carbons (Fsp3) is 0.235. The number of aryl methyl sites for hydroxylation is 1. The Labute approximate surface area is 170 Å². The van der Waals surface area contributed by atoms with E-state index in [0.717, 1.165) is 40.3 Å². The van der Waals surface area contributed by atoms with E-state index in [1.807, 2.05) is 46.0 Å². The van der Waals surface area contributed by atoms with E-state index in [-0.39, 0.29) is 0 Å². The number of hydrogen-bond donors (Lipinski definition) is 2. The van der Waals surface area contributed by atoms with E-state index in [1.165, 1.54) is 0 Å². The lowest BCUT2D eigenvalue weighted by atomic mass is 10.2. The Balaban J connectivity index is 1.41. The van der Waals surface area contributed by atoms with Crippen LogP contribution in [0.1, 0.15) is 12.0 Å². The zero-order valence-corrected chi connectivity index (χ0v) is 17.1. The predicted molar refractivity (Wildman–Crippen MR) is 112 cm³/mol. The van der Waals surface area contributed by atoms with Gasteiger partial charge in [0.2, 0.25) is 0 Å². The fourth-order valence-electron chi connectivity index (χ4n) is 2.42. The van der Waals surface area contributed by atoms with Crippen molar-refractivity contribution in [1.82, 2.24) is 24.9 Å². The molecule has 0 aliphatic rings. The highest BCUT2D eigenvalue weighted by atomic mass is 79.9. The average Bonchev–Trinajstić information content (AvgIpc) is 3.21. The van der Waals surface area contributed by atoms with Crippen molar-refractivity contribution in [2.45, 2.75) is 19.5 Å². The van der Waals surface area contributed by atoms with Crippen LogP contribution in [0.4, 0.5) is 5.69 Å². The second-order valence-corrected chi connectivity index (χ2v) is 7.47. The minimum atomic E-state index is 0.578. The molecule has 0 fully saturated rings. The lowest BCUT2D eigenvalue weighted by Crippen LogP contribution is -2.29. The van der Waals surface area contributed by atoms with Crippen LogP contribution in [-0.2, 0) is 13.1 Å². The molecule has 136 valence electrons. The lowest BCUT2D eigenvalue weighted by Gasteiger charge is -2.08. The second kappa shape index (κ2) is 9.16. The van der Waals surface area contributed by atoms with Gasteiger partial charge in [-0.1, -0.05) is 23.7 Å². The van der Waals surface area contributed by atoms with Crippen molar-refractivity contribution in [3.8, 4) is 0 Å². The summed E-state index contributed by atoms with van der Waals surface area (Å²) in [6, 6.07) is 7.74. The van der Waals surface area contributed by atoms with Gasteiger partial charge in [-0.2, -0.15) is 10.2 Å². The Morgan fingerprint density at radius 1 is 1.19 bits per heavy atom. The molecule has 2 heterocycles. The van der Waals surface area contributed by atoms with E-state index < -0.39 is 0 Å². The first-order chi connectivity index (χ1) is 12.6. The lowest BCUT2D eigenvalue weighted by molar-refractivity contribution is 0.573. The molecule has 2 N–H and O–H groups in total. The van der Waals surface area contributed by atoms with Crippen LogP contribution in [0.5, 0.6) is 0 Å². The maximum Gasteiger partial charge on any atom is 0.170 e. The first-order valence-electron chi connectivity index (χ1n) is 8.08. The Bertz CT molecular complexity index is 878. The normalized spacial score (nSPS) is 10.7. The summed E-state index contributed by atoms with van der Waals surface area (Å²) in [7, 11) is 0. The van der Waals surface area contributed by atoms with Crippen molar-refractivity contribution in [3.05, 3.63) is 64.1 Å². The molecule has 0 spiro atoms. The molecular formula is C17H18BrClN6S. The third-order valence-electron chi connectivity index (χ3n) is 3.58. The third kappa shape index (κ3) is 5.82. The van der Waals surface area contributed by atoms with Crippen molar-refractivity contribution in [2.24, 2.45) is 0 Å². The standard InChI is InChI=1S/C17H18BrClN6S/c18-14-8-21-24(11-14)6-2-5-20-17(26)23-16-9-22-25(12-16)10-13-3-1-4-15(19)7-13/h1,3-4,7-9,11-12H,2,5-6,10H2,(H2,20,23,26). The molecule has 1 aromatic carbocycles. The van der Waals surface area contributed by atoms with Crippen molar-refractivity contribution < 1.29 is 0 Å². The molecule has 26 heavy (non-hydrogen) atoms. The number of halogens is 2. The largest absolute Gasteiger partial charge is 0.362 e. The molecule has 0 bridgehead atoms. The van der Waals surface area contributed by atoms with Gasteiger partial charge in [0.15, 0.2) is 5.11 Å². The minimum Gasteiger partial charge on any atom is -0.362 e. The van der Waals surface area contributed by atoms with Crippen LogP contribution in [-0.4, -0.2) is 31.2 Å². The van der Waals surface area contributed by atoms with Crippen molar-refractivity contribution in [1.29, 1.82) is 0 Å². The average molecular weight is 454 g/mol. The summed E-state index contributed by atoms with van der Waals surface area (Å²) in [4.78, 5) is 0. The van der Waals surface area contributed by atoms with Gasteiger partial charge in [0.1, 0.15) is 0 Å². The van der Waals surface area contributed by atoms with E-state index in [1.54, 1.807) is 12.4 Å². The SMILES string of the molecule is S=C(NCCCn1cc(Br)cn1)Nc1cnn(Cc2cccc(Cl)c2)c1. The summed E-state index contributed by atoms with van der Waals surface area (Å²) in [6.45, 7) is 2.25. The maximum atomic E-state index is 6.01. The number of aromatic nitrogens is 4. The molecule has 0 radical (unpaired) electrons. The van der Waals surface area contributed by atoms with Gasteiger partial charge < -0.3 is 10.6 Å². The zero-order chi connectivity index (χ0) is 18.4. The van der Waals surface area contributed by atoms with Crippen LogP contribution in [0.15, 0.2) is 53.5 Å². The smallest absolute Gasteiger partial charge is 0.170 e. The van der Waals surface area contributed by atoms with E-state index in [9.17, 15) is 0 Å². The van der Waals surface area contributed by atoms with E-state index in [4.69, 9.17) is 23.8 Å². The van der Waals surface area contributed by atoms with Crippen LogP contribution < -0.4 is 10.6 Å². The molecular weight excluding hydrogens is 436 g/mol. The summed E-state index contributed by atoms with van der Waals surface area (Å²) in [5.74, 6) is 0. The number of thiocarbonyl (C=S) groups is 1. The molecule has 0 amide bonds. The van der Waals surface area contributed by atoms with Crippen LogP contribution in [0.3, 0.4) is 0 Å². The summed E-state index contributed by atoms with van der Waals surface area (Å²) >= 11 is 14.7. The number of rotatable bonds is 7. The number of benzene rings is 1. The van der Waals surface area contributed by atoms with Gasteiger partial charge in [-0.3, -0.25) is 9.36 Å². The third-order valence-corrected chi connectivity index (χ3v) is 4.47. The van der Waals surface area contributed by atoms with Crippen molar-refractivity contribution in [2.75, 3.05) is 11.9 Å². The molecule has 2 aromatic heterocycles. The molecule has 0 saturated heterocycles. The number of hydrogen-bond acceptors (Lipinski definition) is 3. The van der Waals surface area contributed by atoms with Gasteiger partial charge in [-0.15, -0.1) is 0 Å². The van der Waals surface area contributed by atoms with E-state index in [2.05, 4.69) is 36.8 Å². The number of nitrogens with one attached hydrogen (secondary N) is 2. The minimum absolute atomic E-state index is 0.578. The summed E-state index contributed by atoms with van der Waals surface area (Å²) in [5.41, 5.74) is 1.94. The highest BCUT2D eigenvalue weighted by molar-refractivity contribution is 9.10. The molecule has 0 saturated carbocycles. The molecule has 0 unspecified atom stereocenters. The molecule has 3 aromatic rings. The first-order valence-corrected chi connectivity index (χ1v) is 9.66. The van der Waals surface area contributed by atoms with Gasteiger partial charge in [0.05, 0.1) is 29.1 Å². The van der Waals surface area contributed by atoms with Gasteiger partial charge in [0, 0.05) is 30.5 Å².